The fourth-order valence-electron chi connectivity index (χ4n) is 3.81. The monoisotopic (exact) mass is 247 g/mol. The molecule has 1 fully saturated rings. The summed E-state index contributed by atoms with van der Waals surface area (Å²) in [6.07, 6.45) is 8.81. The molecule has 100 valence electrons. The molecule has 18 heavy (non-hydrogen) atoms. The number of fused-ring (bicyclic) bond motifs is 1. The topological polar surface area (TPSA) is 29.9 Å². The number of nitrogens with zero attached hydrogens (tertiary/aromatic N) is 2. The van der Waals surface area contributed by atoms with Crippen molar-refractivity contribution >= 4 is 0 Å². The lowest BCUT2D eigenvalue weighted by Gasteiger charge is -2.36. The van der Waals surface area contributed by atoms with Crippen molar-refractivity contribution in [3.8, 4) is 0 Å². The molecule has 0 aromatic carbocycles. The highest BCUT2D eigenvalue weighted by atomic mass is 15.1. The van der Waals surface area contributed by atoms with Crippen LogP contribution in [0.5, 0.6) is 0 Å². The zero-order valence-electron chi connectivity index (χ0n) is 11.7. The molecule has 0 spiro atoms. The van der Waals surface area contributed by atoms with Gasteiger partial charge in [-0.15, -0.1) is 0 Å². The molecule has 0 bridgehead atoms. The first-order valence-electron chi connectivity index (χ1n) is 7.52. The van der Waals surface area contributed by atoms with Crippen LogP contribution in [0.25, 0.3) is 0 Å². The van der Waals surface area contributed by atoms with Crippen molar-refractivity contribution in [3.63, 3.8) is 0 Å². The standard InChI is InChI=1S/C15H25N3/c1-11(2)12-5-3-4-6-14(12)18-10-17-13-9-16-8-7-15(13)18/h10-12,14,16H,3-9H2,1-2H3. The Balaban J connectivity index is 1.90. The second-order valence-electron chi connectivity index (χ2n) is 6.23. The molecular weight excluding hydrogens is 222 g/mol. The lowest BCUT2D eigenvalue weighted by Crippen LogP contribution is -2.30. The molecule has 2 unspecified atom stereocenters. The van der Waals surface area contributed by atoms with E-state index in [1.165, 1.54) is 37.1 Å². The van der Waals surface area contributed by atoms with Gasteiger partial charge in [0.25, 0.3) is 0 Å². The van der Waals surface area contributed by atoms with Crippen LogP contribution in [0.2, 0.25) is 0 Å². The van der Waals surface area contributed by atoms with Gasteiger partial charge in [0.2, 0.25) is 0 Å². The van der Waals surface area contributed by atoms with E-state index in [2.05, 4.69) is 35.0 Å². The lowest BCUT2D eigenvalue weighted by atomic mass is 9.77. The minimum atomic E-state index is 0.702. The molecular formula is C15H25N3. The van der Waals surface area contributed by atoms with Gasteiger partial charge < -0.3 is 9.88 Å². The second-order valence-corrected chi connectivity index (χ2v) is 6.23. The highest BCUT2D eigenvalue weighted by Gasteiger charge is 2.31. The zero-order chi connectivity index (χ0) is 12.5. The number of rotatable bonds is 2. The summed E-state index contributed by atoms with van der Waals surface area (Å²) in [4.78, 5) is 4.63. The van der Waals surface area contributed by atoms with Gasteiger partial charge in [0, 0.05) is 31.2 Å². The van der Waals surface area contributed by atoms with Gasteiger partial charge in [-0.25, -0.2) is 4.98 Å². The molecule has 3 rings (SSSR count). The van der Waals surface area contributed by atoms with Crippen LogP contribution in [0.15, 0.2) is 6.33 Å². The Hall–Kier alpha value is -0.830. The minimum Gasteiger partial charge on any atom is -0.331 e. The maximum absolute atomic E-state index is 4.63. The Morgan fingerprint density at radius 3 is 3.00 bits per heavy atom. The lowest BCUT2D eigenvalue weighted by molar-refractivity contribution is 0.181. The van der Waals surface area contributed by atoms with E-state index >= 15 is 0 Å². The maximum atomic E-state index is 4.63. The van der Waals surface area contributed by atoms with E-state index in [4.69, 9.17) is 0 Å². The second kappa shape index (κ2) is 5.04. The third kappa shape index (κ3) is 2.09. The van der Waals surface area contributed by atoms with Gasteiger partial charge in [0.05, 0.1) is 12.0 Å². The Morgan fingerprint density at radius 1 is 1.33 bits per heavy atom. The van der Waals surface area contributed by atoms with Crippen molar-refractivity contribution in [2.75, 3.05) is 6.54 Å². The first-order chi connectivity index (χ1) is 8.77. The number of hydrogen-bond acceptors (Lipinski definition) is 2. The van der Waals surface area contributed by atoms with Gasteiger partial charge in [-0.1, -0.05) is 26.7 Å². The van der Waals surface area contributed by atoms with Crippen LogP contribution in [-0.2, 0) is 13.0 Å². The van der Waals surface area contributed by atoms with E-state index in [1.807, 2.05) is 0 Å². The summed E-state index contributed by atoms with van der Waals surface area (Å²) in [5.74, 6) is 1.63. The van der Waals surface area contributed by atoms with Crippen LogP contribution in [0.1, 0.15) is 57.0 Å². The summed E-state index contributed by atoms with van der Waals surface area (Å²) in [7, 11) is 0. The molecule has 1 aromatic rings. The molecule has 1 aliphatic heterocycles. The van der Waals surface area contributed by atoms with Gasteiger partial charge in [0.15, 0.2) is 0 Å². The van der Waals surface area contributed by atoms with Gasteiger partial charge in [-0.05, 0) is 24.7 Å². The Morgan fingerprint density at radius 2 is 2.17 bits per heavy atom. The highest BCUT2D eigenvalue weighted by molar-refractivity contribution is 5.17. The quantitative estimate of drug-likeness (QED) is 0.871. The Kier molecular flexibility index (Phi) is 3.42. The summed E-state index contributed by atoms with van der Waals surface area (Å²) in [6, 6.07) is 0.702. The Labute approximate surface area is 110 Å². The Bertz CT molecular complexity index is 408. The molecule has 2 aliphatic rings. The zero-order valence-corrected chi connectivity index (χ0v) is 11.7. The largest absolute Gasteiger partial charge is 0.331 e. The van der Waals surface area contributed by atoms with Crippen molar-refractivity contribution < 1.29 is 0 Å². The average Bonchev–Trinajstić information content (AvgIpc) is 2.82. The third-order valence-electron chi connectivity index (χ3n) is 4.81. The number of imidazole rings is 1. The van der Waals surface area contributed by atoms with Gasteiger partial charge in [-0.3, -0.25) is 0 Å². The van der Waals surface area contributed by atoms with E-state index in [1.54, 1.807) is 0 Å². The van der Waals surface area contributed by atoms with E-state index in [-0.39, 0.29) is 0 Å². The van der Waals surface area contributed by atoms with Gasteiger partial charge in [-0.2, -0.15) is 0 Å². The summed E-state index contributed by atoms with van der Waals surface area (Å²) in [5, 5.41) is 3.42. The van der Waals surface area contributed by atoms with E-state index < -0.39 is 0 Å². The molecule has 3 nitrogen and oxygen atoms in total. The molecule has 0 amide bonds. The molecule has 2 atom stereocenters. The van der Waals surface area contributed by atoms with Gasteiger partial charge in [0.1, 0.15) is 0 Å². The van der Waals surface area contributed by atoms with Crippen molar-refractivity contribution in [1.29, 1.82) is 0 Å². The summed E-state index contributed by atoms with van der Waals surface area (Å²) in [5.41, 5.74) is 2.79. The molecule has 1 aliphatic carbocycles. The molecule has 3 heteroatoms. The summed E-state index contributed by atoms with van der Waals surface area (Å²) in [6.45, 7) is 6.83. The summed E-state index contributed by atoms with van der Waals surface area (Å²) >= 11 is 0. The van der Waals surface area contributed by atoms with Crippen LogP contribution in [-0.4, -0.2) is 16.1 Å². The van der Waals surface area contributed by atoms with Crippen LogP contribution in [0, 0.1) is 11.8 Å². The van der Waals surface area contributed by atoms with Crippen LogP contribution >= 0.6 is 0 Å². The van der Waals surface area contributed by atoms with E-state index in [0.29, 0.717) is 6.04 Å². The van der Waals surface area contributed by atoms with E-state index in [9.17, 15) is 0 Å². The predicted molar refractivity (Wildman–Crippen MR) is 73.5 cm³/mol. The van der Waals surface area contributed by atoms with Crippen LogP contribution in [0.4, 0.5) is 0 Å². The first-order valence-corrected chi connectivity index (χ1v) is 7.52. The van der Waals surface area contributed by atoms with Crippen molar-refractivity contribution in [1.82, 2.24) is 14.9 Å². The van der Waals surface area contributed by atoms with Crippen LogP contribution in [0.3, 0.4) is 0 Å². The molecule has 1 N–H and O–H groups in total. The number of nitrogens with one attached hydrogen (secondary N) is 1. The normalized spacial score (nSPS) is 28.4. The third-order valence-corrected chi connectivity index (χ3v) is 4.81. The fourth-order valence-corrected chi connectivity index (χ4v) is 3.81. The van der Waals surface area contributed by atoms with Crippen molar-refractivity contribution in [2.24, 2.45) is 11.8 Å². The highest BCUT2D eigenvalue weighted by Crippen LogP contribution is 2.39. The van der Waals surface area contributed by atoms with Crippen molar-refractivity contribution in [3.05, 3.63) is 17.7 Å². The molecule has 1 saturated carbocycles. The summed E-state index contributed by atoms with van der Waals surface area (Å²) < 4.78 is 2.53. The smallest absolute Gasteiger partial charge is 0.0954 e. The molecule has 0 saturated heterocycles. The molecule has 2 heterocycles. The fraction of sp³-hybridized carbons (Fsp3) is 0.800. The first kappa shape index (κ1) is 12.2. The number of aromatic nitrogens is 2. The minimum absolute atomic E-state index is 0.702. The average molecular weight is 247 g/mol. The molecule has 1 aromatic heterocycles. The predicted octanol–water partition coefficient (Wildman–Crippen LogP) is 2.92. The molecule has 0 radical (unpaired) electrons. The van der Waals surface area contributed by atoms with Crippen molar-refractivity contribution in [2.45, 2.75) is 58.5 Å². The van der Waals surface area contributed by atoms with E-state index in [0.717, 1.165) is 31.3 Å². The van der Waals surface area contributed by atoms with Gasteiger partial charge >= 0.3 is 0 Å². The SMILES string of the molecule is CC(C)C1CCCCC1n1cnc2c1CCNC2. The van der Waals surface area contributed by atoms with Crippen LogP contribution < -0.4 is 5.32 Å². The maximum Gasteiger partial charge on any atom is 0.0954 e. The number of hydrogen-bond donors (Lipinski definition) is 1.